The van der Waals surface area contributed by atoms with Crippen molar-refractivity contribution in [3.63, 3.8) is 0 Å². The lowest BCUT2D eigenvalue weighted by molar-refractivity contribution is -0.441. The number of rotatable bonds is 5. The third-order valence-electron chi connectivity index (χ3n) is 4.49. The first-order valence-electron chi connectivity index (χ1n) is 8.85. The van der Waals surface area contributed by atoms with Crippen LogP contribution in [-0.2, 0) is 22.4 Å². The number of hydrogen-bond acceptors (Lipinski definition) is 5. The van der Waals surface area contributed by atoms with Crippen LogP contribution in [0.2, 0.25) is 0 Å². The van der Waals surface area contributed by atoms with Crippen LogP contribution in [0, 0.1) is 5.92 Å². The average Bonchev–Trinajstić information content (AvgIpc) is 2.94. The predicted octanol–water partition coefficient (Wildman–Crippen LogP) is 0.761. The summed E-state index contributed by atoms with van der Waals surface area (Å²) >= 11 is 1.03. The van der Waals surface area contributed by atoms with Gasteiger partial charge in [-0.05, 0) is 17.5 Å². The van der Waals surface area contributed by atoms with E-state index in [0.717, 1.165) is 23.7 Å². The number of quaternary nitrogens is 1. The van der Waals surface area contributed by atoms with E-state index in [2.05, 4.69) is 11.8 Å². The Labute approximate surface area is 163 Å². The summed E-state index contributed by atoms with van der Waals surface area (Å²) in [5.41, 5.74) is 7.31. The number of benzene rings is 2. The van der Waals surface area contributed by atoms with E-state index in [-0.39, 0.29) is 23.0 Å². The molecule has 0 aromatic heterocycles. The number of aliphatic carboxylic acids is 1. The fourth-order valence-corrected chi connectivity index (χ4v) is 3.67. The molecule has 0 aliphatic heterocycles. The van der Waals surface area contributed by atoms with Gasteiger partial charge >= 0.3 is 0 Å². The number of carbonyl (C=O) groups is 2. The van der Waals surface area contributed by atoms with Gasteiger partial charge in [0.05, 0.1) is 0 Å². The summed E-state index contributed by atoms with van der Waals surface area (Å²) in [5.74, 6) is -1.44. The van der Waals surface area contributed by atoms with Gasteiger partial charge in [0.15, 0.2) is 5.12 Å². The number of thioether (sulfide) groups is 1. The van der Waals surface area contributed by atoms with E-state index in [0.29, 0.717) is 6.42 Å². The Morgan fingerprint density at radius 3 is 2.41 bits per heavy atom. The maximum absolute atomic E-state index is 10.9. The first kappa shape index (κ1) is 21.2. The van der Waals surface area contributed by atoms with E-state index < -0.39 is 11.9 Å². The number of carboxylic acids is 1. The van der Waals surface area contributed by atoms with Crippen LogP contribution in [0.25, 0.3) is 0 Å². The quantitative estimate of drug-likeness (QED) is 0.788. The molecular weight excluding hydrogens is 362 g/mol. The maximum atomic E-state index is 10.9. The molecule has 0 saturated carbocycles. The van der Waals surface area contributed by atoms with Gasteiger partial charge in [0.1, 0.15) is 12.1 Å². The van der Waals surface area contributed by atoms with E-state index in [9.17, 15) is 19.8 Å². The van der Waals surface area contributed by atoms with E-state index >= 15 is 0 Å². The summed E-state index contributed by atoms with van der Waals surface area (Å²) in [6.45, 7) is 1.43. The molecule has 144 valence electrons. The SMILES string of the molecule is CC(=O)SC[C@H](Cc1ccccc1)C(=O)[O-].[NH3+][C@@H]1c2ccccc2C[C@@H]1O. The van der Waals surface area contributed by atoms with E-state index in [1.165, 1.54) is 18.1 Å². The fourth-order valence-electron chi connectivity index (χ4n) is 2.98. The van der Waals surface area contributed by atoms with Crippen molar-refractivity contribution in [1.29, 1.82) is 0 Å². The molecule has 0 bridgehead atoms. The molecule has 0 heterocycles. The Balaban J connectivity index is 0.000000206. The smallest absolute Gasteiger partial charge is 0.185 e. The second-order valence-corrected chi connectivity index (χ2v) is 7.78. The summed E-state index contributed by atoms with van der Waals surface area (Å²) in [6, 6.07) is 17.5. The summed E-state index contributed by atoms with van der Waals surface area (Å²) in [4.78, 5) is 21.7. The molecule has 0 saturated heterocycles. The van der Waals surface area contributed by atoms with Gasteiger partial charge in [-0.1, -0.05) is 66.4 Å². The lowest BCUT2D eigenvalue weighted by atomic mass is 10.0. The third-order valence-corrected chi connectivity index (χ3v) is 5.47. The molecule has 2 aromatic rings. The zero-order chi connectivity index (χ0) is 19.8. The number of aliphatic hydroxyl groups excluding tert-OH is 1. The van der Waals surface area contributed by atoms with Crippen molar-refractivity contribution in [2.75, 3.05) is 5.75 Å². The zero-order valence-electron chi connectivity index (χ0n) is 15.3. The van der Waals surface area contributed by atoms with Crippen molar-refractivity contribution in [3.05, 3.63) is 71.3 Å². The Kier molecular flexibility index (Phi) is 8.03. The largest absolute Gasteiger partial charge is 0.550 e. The highest BCUT2D eigenvalue weighted by molar-refractivity contribution is 8.13. The highest BCUT2D eigenvalue weighted by Gasteiger charge is 2.30. The number of fused-ring (bicyclic) bond motifs is 1. The molecular formula is C21H25NO4S. The summed E-state index contributed by atoms with van der Waals surface area (Å²) < 4.78 is 0. The van der Waals surface area contributed by atoms with Crippen LogP contribution in [-0.4, -0.2) is 28.0 Å². The molecule has 1 aliphatic rings. The second-order valence-electron chi connectivity index (χ2n) is 6.59. The summed E-state index contributed by atoms with van der Waals surface area (Å²) in [7, 11) is 0. The Bertz CT molecular complexity index is 766. The normalized spacial score (nSPS) is 18.8. The fraction of sp³-hybridized carbons (Fsp3) is 0.333. The number of carboxylic acid groups (broad SMARTS) is 1. The van der Waals surface area contributed by atoms with Gasteiger partial charge in [-0.3, -0.25) is 4.79 Å². The molecule has 1 aliphatic carbocycles. The van der Waals surface area contributed by atoms with Gasteiger partial charge in [-0.15, -0.1) is 0 Å². The van der Waals surface area contributed by atoms with Gasteiger partial charge < -0.3 is 20.7 Å². The first-order valence-corrected chi connectivity index (χ1v) is 9.84. The van der Waals surface area contributed by atoms with Gasteiger partial charge in [0, 0.05) is 36.5 Å². The Morgan fingerprint density at radius 1 is 1.19 bits per heavy atom. The molecule has 5 nitrogen and oxygen atoms in total. The van der Waals surface area contributed by atoms with Crippen molar-refractivity contribution >= 4 is 22.8 Å². The number of aliphatic hydroxyl groups is 1. The second kappa shape index (κ2) is 10.3. The van der Waals surface area contributed by atoms with Gasteiger partial charge in [0.2, 0.25) is 0 Å². The van der Waals surface area contributed by atoms with Crippen molar-refractivity contribution in [1.82, 2.24) is 0 Å². The molecule has 2 aromatic carbocycles. The lowest BCUT2D eigenvalue weighted by Crippen LogP contribution is -2.57. The predicted molar refractivity (Wildman–Crippen MR) is 104 cm³/mol. The van der Waals surface area contributed by atoms with E-state index in [1.807, 2.05) is 48.5 Å². The molecule has 0 radical (unpaired) electrons. The molecule has 4 N–H and O–H groups in total. The molecule has 0 spiro atoms. The minimum absolute atomic E-state index is 0.0701. The van der Waals surface area contributed by atoms with Crippen LogP contribution in [0.15, 0.2) is 54.6 Å². The number of hydrogen-bond donors (Lipinski definition) is 2. The zero-order valence-corrected chi connectivity index (χ0v) is 16.2. The van der Waals surface area contributed by atoms with Gasteiger partial charge in [-0.2, -0.15) is 0 Å². The highest BCUT2D eigenvalue weighted by Crippen LogP contribution is 2.27. The minimum atomic E-state index is -1.10. The van der Waals surface area contributed by atoms with Crippen molar-refractivity contribution in [3.8, 4) is 0 Å². The Hall–Kier alpha value is -2.15. The molecule has 0 amide bonds. The Morgan fingerprint density at radius 2 is 1.81 bits per heavy atom. The molecule has 3 rings (SSSR count). The average molecular weight is 388 g/mol. The van der Waals surface area contributed by atoms with Crippen LogP contribution >= 0.6 is 11.8 Å². The monoisotopic (exact) mass is 387 g/mol. The van der Waals surface area contributed by atoms with Crippen molar-refractivity contribution in [2.24, 2.45) is 5.92 Å². The third kappa shape index (κ3) is 6.50. The standard InChI is InChI=1S/C12H14O3S.C9H11NO/c1-9(13)16-8-11(12(14)15)7-10-5-3-2-4-6-10;10-9-7-4-2-1-3-6(7)5-8(9)11/h2-6,11H,7-8H2,1H3,(H,14,15);1-4,8-9,11H,5,10H2/t11-;8-,9+/m00/s1. The van der Waals surface area contributed by atoms with Crippen LogP contribution in [0.3, 0.4) is 0 Å². The highest BCUT2D eigenvalue weighted by atomic mass is 32.2. The van der Waals surface area contributed by atoms with E-state index in [4.69, 9.17) is 0 Å². The van der Waals surface area contributed by atoms with Gasteiger partial charge in [0.25, 0.3) is 0 Å². The molecule has 6 heteroatoms. The molecule has 27 heavy (non-hydrogen) atoms. The minimum Gasteiger partial charge on any atom is -0.550 e. The van der Waals surface area contributed by atoms with Crippen molar-refractivity contribution < 1.29 is 25.5 Å². The van der Waals surface area contributed by atoms with Crippen molar-refractivity contribution in [2.45, 2.75) is 31.9 Å². The van der Waals surface area contributed by atoms with Crippen LogP contribution in [0.1, 0.15) is 29.7 Å². The summed E-state index contributed by atoms with van der Waals surface area (Å²) in [6.07, 6.45) is 0.903. The van der Waals surface area contributed by atoms with Crippen LogP contribution in [0.5, 0.6) is 0 Å². The molecule has 0 unspecified atom stereocenters. The first-order chi connectivity index (χ1) is 12.9. The lowest BCUT2D eigenvalue weighted by Gasteiger charge is -2.16. The van der Waals surface area contributed by atoms with Gasteiger partial charge in [-0.25, -0.2) is 0 Å². The molecule has 0 fully saturated rings. The maximum Gasteiger partial charge on any atom is 0.185 e. The van der Waals surface area contributed by atoms with Crippen LogP contribution in [0.4, 0.5) is 0 Å². The summed E-state index contributed by atoms with van der Waals surface area (Å²) in [5, 5.41) is 20.3. The number of carbonyl (C=O) groups excluding carboxylic acids is 2. The van der Waals surface area contributed by atoms with Crippen LogP contribution < -0.4 is 10.8 Å². The topological polar surface area (TPSA) is 105 Å². The molecule has 3 atom stereocenters. The van der Waals surface area contributed by atoms with E-state index in [1.54, 1.807) is 0 Å².